The van der Waals surface area contributed by atoms with Crippen LogP contribution < -0.4 is 16.0 Å². The molecule has 1 aliphatic carbocycles. The molecule has 0 unspecified atom stereocenters. The number of hydrogen-bond donors (Lipinski definition) is 3. The van der Waals surface area contributed by atoms with Crippen molar-refractivity contribution in [2.45, 2.75) is 76.3 Å². The maximum absolute atomic E-state index is 13.7. The van der Waals surface area contributed by atoms with Crippen LogP contribution in [0.15, 0.2) is 35.9 Å². The molecule has 1 aromatic rings. The average molecular weight is 585 g/mol. The molecule has 4 atom stereocenters. The third kappa shape index (κ3) is 9.19. The molecule has 230 valence electrons. The highest BCUT2D eigenvalue weighted by molar-refractivity contribution is 5.98. The van der Waals surface area contributed by atoms with Crippen LogP contribution in [0.2, 0.25) is 0 Å². The second-order valence-corrected chi connectivity index (χ2v) is 11.6. The fourth-order valence-electron chi connectivity index (χ4n) is 5.28. The molecule has 3 N–H and O–H groups in total. The number of rotatable bonds is 15. The van der Waals surface area contributed by atoms with Crippen LogP contribution in [-0.2, 0) is 46.4 Å². The molecule has 0 radical (unpaired) electrons. The minimum absolute atomic E-state index is 0.165. The number of nitrogens with one attached hydrogen (secondary N) is 3. The van der Waals surface area contributed by atoms with Gasteiger partial charge in [-0.05, 0) is 50.7 Å². The quantitative estimate of drug-likeness (QED) is 0.205. The molecular formula is C31H44N4O7. The second kappa shape index (κ2) is 14.9. The molecule has 0 spiro atoms. The number of ketones is 1. The van der Waals surface area contributed by atoms with E-state index in [4.69, 9.17) is 14.2 Å². The van der Waals surface area contributed by atoms with Crippen molar-refractivity contribution in [1.82, 2.24) is 20.9 Å². The van der Waals surface area contributed by atoms with Crippen molar-refractivity contribution in [1.29, 1.82) is 0 Å². The number of amides is 3. The number of methoxy groups -OCH3 is 1. The largest absolute Gasteiger partial charge is 0.380 e. The van der Waals surface area contributed by atoms with E-state index < -0.39 is 35.5 Å². The Bertz CT molecular complexity index is 1140. The van der Waals surface area contributed by atoms with E-state index in [1.165, 1.54) is 0 Å². The van der Waals surface area contributed by atoms with Gasteiger partial charge in [0.15, 0.2) is 5.78 Å². The number of nitrogens with zero attached hydrogens (tertiary/aromatic N) is 1. The van der Waals surface area contributed by atoms with Crippen LogP contribution in [0, 0.1) is 0 Å². The van der Waals surface area contributed by atoms with Gasteiger partial charge in [-0.2, -0.15) is 0 Å². The van der Waals surface area contributed by atoms with E-state index >= 15 is 0 Å². The molecule has 0 aromatic heterocycles. The monoisotopic (exact) mass is 584 g/mol. The van der Waals surface area contributed by atoms with Crippen LogP contribution >= 0.6 is 0 Å². The summed E-state index contributed by atoms with van der Waals surface area (Å²) in [6, 6.07) is 5.01. The Balaban J connectivity index is 1.44. The summed E-state index contributed by atoms with van der Waals surface area (Å²) in [5, 5.41) is 8.49. The van der Waals surface area contributed by atoms with Crippen molar-refractivity contribution >= 4 is 23.5 Å². The number of benzene rings is 1. The first-order valence-corrected chi connectivity index (χ1v) is 14.8. The molecule has 0 saturated carbocycles. The van der Waals surface area contributed by atoms with E-state index in [1.54, 1.807) is 21.0 Å². The van der Waals surface area contributed by atoms with Crippen LogP contribution in [0.25, 0.3) is 0 Å². The molecule has 2 fully saturated rings. The van der Waals surface area contributed by atoms with Gasteiger partial charge in [0.05, 0.1) is 39.0 Å². The van der Waals surface area contributed by atoms with E-state index in [-0.39, 0.29) is 24.7 Å². The first-order valence-electron chi connectivity index (χ1n) is 14.8. The molecule has 11 nitrogen and oxygen atoms in total. The number of ether oxygens (including phenoxy) is 3. The summed E-state index contributed by atoms with van der Waals surface area (Å²) in [7, 11) is 1.62. The van der Waals surface area contributed by atoms with E-state index in [1.807, 2.05) is 29.2 Å². The van der Waals surface area contributed by atoms with Gasteiger partial charge in [0.25, 0.3) is 0 Å². The second-order valence-electron chi connectivity index (χ2n) is 11.6. The van der Waals surface area contributed by atoms with Crippen molar-refractivity contribution in [3.63, 3.8) is 0 Å². The number of Topliss-reactive ketones (excluding diaryl/α,β-unsaturated/α-hetero) is 1. The number of hydrogen-bond acceptors (Lipinski definition) is 8. The molecule has 2 aliphatic heterocycles. The Hall–Kier alpha value is -3.12. The summed E-state index contributed by atoms with van der Waals surface area (Å²) in [6.07, 6.45) is 5.65. The topological polar surface area (TPSA) is 139 Å². The lowest BCUT2D eigenvalue weighted by atomic mass is 9.94. The van der Waals surface area contributed by atoms with Crippen LogP contribution in [0.3, 0.4) is 0 Å². The normalized spacial score (nSPS) is 22.4. The zero-order valence-corrected chi connectivity index (χ0v) is 24.9. The predicted molar refractivity (Wildman–Crippen MR) is 155 cm³/mol. The first kappa shape index (κ1) is 31.8. The van der Waals surface area contributed by atoms with Crippen LogP contribution in [0.4, 0.5) is 0 Å². The molecule has 1 aromatic carbocycles. The molecule has 0 bridgehead atoms. The summed E-state index contributed by atoms with van der Waals surface area (Å²) < 4.78 is 15.9. The molecule has 4 rings (SSSR count). The Kier molecular flexibility index (Phi) is 11.3. The molecule has 11 heteroatoms. The van der Waals surface area contributed by atoms with Crippen molar-refractivity contribution in [3.05, 3.63) is 47.0 Å². The predicted octanol–water partition coefficient (Wildman–Crippen LogP) is 1.04. The Labute approximate surface area is 247 Å². The highest BCUT2D eigenvalue weighted by atomic mass is 16.6. The van der Waals surface area contributed by atoms with Crippen LogP contribution in [0.5, 0.6) is 0 Å². The molecular weight excluding hydrogens is 540 g/mol. The van der Waals surface area contributed by atoms with Gasteiger partial charge in [0.2, 0.25) is 17.7 Å². The molecule has 2 saturated heterocycles. The average Bonchev–Trinajstić information content (AvgIpc) is 3.51. The third-order valence-electron chi connectivity index (χ3n) is 7.98. The highest BCUT2D eigenvalue weighted by Gasteiger charge is 2.50. The zero-order valence-electron chi connectivity index (χ0n) is 24.9. The maximum Gasteiger partial charge on any atom is 0.243 e. The highest BCUT2D eigenvalue weighted by Crippen LogP contribution is 2.31. The van der Waals surface area contributed by atoms with Crippen molar-refractivity contribution in [3.8, 4) is 0 Å². The summed E-state index contributed by atoms with van der Waals surface area (Å²) in [5.41, 5.74) is 2.06. The summed E-state index contributed by atoms with van der Waals surface area (Å²) in [6.45, 7) is 6.72. The van der Waals surface area contributed by atoms with Crippen LogP contribution in [0.1, 0.15) is 50.7 Å². The molecule has 3 amide bonds. The lowest BCUT2D eigenvalue weighted by Gasteiger charge is -2.27. The number of epoxide rings is 1. The van der Waals surface area contributed by atoms with Crippen molar-refractivity contribution < 1.29 is 33.4 Å². The number of carbonyl (C=O) groups is 4. The van der Waals surface area contributed by atoms with Gasteiger partial charge in [-0.3, -0.25) is 24.1 Å². The van der Waals surface area contributed by atoms with Gasteiger partial charge >= 0.3 is 0 Å². The molecule has 3 aliphatic rings. The third-order valence-corrected chi connectivity index (χ3v) is 7.98. The Morgan fingerprint density at radius 1 is 0.976 bits per heavy atom. The van der Waals surface area contributed by atoms with E-state index in [0.717, 1.165) is 36.0 Å². The number of allylic oxidation sites excluding steroid dienone is 1. The first-order chi connectivity index (χ1) is 20.2. The zero-order chi connectivity index (χ0) is 30.1. The van der Waals surface area contributed by atoms with E-state index in [0.29, 0.717) is 45.9 Å². The van der Waals surface area contributed by atoms with E-state index in [9.17, 15) is 19.2 Å². The van der Waals surface area contributed by atoms with Gasteiger partial charge in [-0.15, -0.1) is 0 Å². The summed E-state index contributed by atoms with van der Waals surface area (Å²) >= 11 is 0. The van der Waals surface area contributed by atoms with Gasteiger partial charge < -0.3 is 30.2 Å². The van der Waals surface area contributed by atoms with Crippen LogP contribution in [-0.4, -0.2) is 98.7 Å². The number of morpholine rings is 1. The van der Waals surface area contributed by atoms with Crippen molar-refractivity contribution in [2.24, 2.45) is 0 Å². The fraction of sp³-hybridized carbons (Fsp3) is 0.613. The van der Waals surface area contributed by atoms with Gasteiger partial charge in [0.1, 0.15) is 17.7 Å². The Morgan fingerprint density at radius 3 is 2.26 bits per heavy atom. The lowest BCUT2D eigenvalue weighted by molar-refractivity contribution is -0.134. The SMILES string of the molecule is COCc1ccc(C[C@H](NC(=O)[C@H](C)NC(=O)CN2CCOCC2)C(=O)N[C@@H](CC2=CCCC2)C(=O)[C@@]2(C)CO2)cc1. The summed E-state index contributed by atoms with van der Waals surface area (Å²) in [5.74, 6) is -1.39. The van der Waals surface area contributed by atoms with Gasteiger partial charge in [-0.25, -0.2) is 0 Å². The lowest BCUT2D eigenvalue weighted by Crippen LogP contribution is -2.57. The minimum atomic E-state index is -0.967. The molecule has 2 heterocycles. The maximum atomic E-state index is 13.7. The molecule has 42 heavy (non-hydrogen) atoms. The minimum Gasteiger partial charge on any atom is -0.380 e. The van der Waals surface area contributed by atoms with Gasteiger partial charge in [-0.1, -0.05) is 35.9 Å². The van der Waals surface area contributed by atoms with Gasteiger partial charge in [0, 0.05) is 26.6 Å². The Morgan fingerprint density at radius 2 is 1.64 bits per heavy atom. The van der Waals surface area contributed by atoms with Crippen molar-refractivity contribution in [2.75, 3.05) is 46.6 Å². The fourth-order valence-corrected chi connectivity index (χ4v) is 5.28. The summed E-state index contributed by atoms with van der Waals surface area (Å²) in [4.78, 5) is 54.8. The van der Waals surface area contributed by atoms with E-state index in [2.05, 4.69) is 22.0 Å². The standard InChI is InChI=1S/C31H44N4O7/c1-21(32-27(36)18-35-12-14-41-15-13-35)29(38)34-26(17-23-8-10-24(11-9-23)19-40-3)30(39)33-25(16-22-6-4-5-7-22)28(37)31(2)20-42-31/h6,8-11,21,25-26H,4-5,7,12-20H2,1-3H3,(H,32,36)(H,33,39)(H,34,38)/t21-,25-,26-,31+/m0/s1. The number of carbonyl (C=O) groups excluding carboxylic acids is 4. The smallest absolute Gasteiger partial charge is 0.243 e.